The van der Waals surface area contributed by atoms with E-state index in [0.717, 1.165) is 103 Å². The van der Waals surface area contributed by atoms with Crippen LogP contribution >= 0.6 is 0 Å². The lowest BCUT2D eigenvalue weighted by atomic mass is 9.81. The Hall–Kier alpha value is -8.84. The van der Waals surface area contributed by atoms with Gasteiger partial charge in [-0.3, -0.25) is 67.1 Å². The van der Waals surface area contributed by atoms with Crippen molar-refractivity contribution >= 4 is 94.8 Å². The van der Waals surface area contributed by atoms with E-state index in [2.05, 4.69) is 63.8 Å². The van der Waals surface area contributed by atoms with Crippen molar-refractivity contribution in [2.75, 3.05) is 165 Å². The first kappa shape index (κ1) is 132. The van der Waals surface area contributed by atoms with Crippen molar-refractivity contribution in [3.63, 3.8) is 0 Å². The maximum absolute atomic E-state index is 13.4. The summed E-state index contributed by atoms with van der Waals surface area (Å²) in [7, 11) is 0. The Morgan fingerprint density at radius 2 is 0.497 bits per heavy atom. The van der Waals surface area contributed by atoms with Crippen LogP contribution in [0.5, 0.6) is 0 Å². The second kappa shape index (κ2) is 92.5. The highest BCUT2D eigenvalue weighted by atomic mass is 16.5. The van der Waals surface area contributed by atoms with Gasteiger partial charge in [-0.05, 0) is 147 Å². The standard InChI is InChI=1S/C104H186N12O29/c1-2-105-86(102(132)133)40-36-38-58-111-101(131)85(114-96(124)80-145-74-70-141-66-62-110-95(123)79-144-73-68-139-64-60-108-92(120)56-54-88(104(136)137)116-100(130)84-51-47-82(48-52-84)76-113-90(118)42-32-28-24-20-16-12-8-4-6-10-14-18-22-26-30-34-44-98(127)128)39-35-37-57-106-93(121)77-142-71-69-140-65-61-109-94(122)78-143-72-67-138-63-59-107-91(119)55-53-87(103(134)135)115-99(129)83-49-45-81(46-50-83)75-112-89(117)41-31-27-23-19-15-11-7-3-5-9-13-17-21-25-29-33-43-97(125)126/h81-88,105H,2-80H2,1H3,(H,106,121)(H,107,119)(H,108,120)(H,109,122)(H,110,123)(H,111,131)(H,112,117)(H,113,118)(H,114,124)(H,115,129)(H,116,130)(H,125,126)(H,127,128)(H,132,133)(H,134,135)(H,136,137)/t81?,82?,83?,84?,85-,86-,87-,88-/m0/s1. The number of rotatable bonds is 101. The van der Waals surface area contributed by atoms with Crippen molar-refractivity contribution in [3.8, 4) is 0 Å². The zero-order chi connectivity index (χ0) is 106. The molecule has 0 spiro atoms. The van der Waals surface area contributed by atoms with Gasteiger partial charge in [0.05, 0.1) is 79.3 Å². The molecule has 2 rings (SSSR count). The number of nitrogens with one attached hydrogen (secondary N) is 12. The van der Waals surface area contributed by atoms with E-state index in [1.807, 2.05) is 6.92 Å². The molecule has 0 aromatic rings. The molecule has 4 atom stereocenters. The second-order valence-corrected chi connectivity index (χ2v) is 38.3. The molecule has 0 heterocycles. The highest BCUT2D eigenvalue weighted by Gasteiger charge is 2.33. The number of carbonyl (C=O) groups is 16. The Bertz CT molecular complexity index is 3490. The monoisotopic (exact) mass is 2070 g/mol. The van der Waals surface area contributed by atoms with E-state index in [-0.39, 0.29) is 249 Å². The molecular weight excluding hydrogens is 1880 g/mol. The van der Waals surface area contributed by atoms with Gasteiger partial charge in [-0.25, -0.2) is 9.59 Å². The Labute approximate surface area is 860 Å². The molecule has 41 nitrogen and oxygen atoms in total. The molecule has 41 heteroatoms. The fourth-order valence-electron chi connectivity index (χ4n) is 17.2. The molecule has 2 fully saturated rings. The zero-order valence-corrected chi connectivity index (χ0v) is 87.5. The van der Waals surface area contributed by atoms with Gasteiger partial charge in [0, 0.05) is 103 Å². The van der Waals surface area contributed by atoms with Crippen molar-refractivity contribution in [1.29, 1.82) is 0 Å². The molecule has 145 heavy (non-hydrogen) atoms. The molecule has 2 saturated carbocycles. The number of hydrogen-bond donors (Lipinski definition) is 17. The van der Waals surface area contributed by atoms with Crippen molar-refractivity contribution in [2.24, 2.45) is 23.7 Å². The smallest absolute Gasteiger partial charge is 0.326 e. The van der Waals surface area contributed by atoms with Gasteiger partial charge in [-0.1, -0.05) is 187 Å². The van der Waals surface area contributed by atoms with E-state index < -0.39 is 83.5 Å². The lowest BCUT2D eigenvalue weighted by Gasteiger charge is -2.28. The average molecular weight is 2070 g/mol. The SMILES string of the molecule is CCN[C@@H](CCCCNC(=O)[C@H](CCCCNC(=O)COCCOCCNC(=O)COCCOCCNC(=O)CC[C@H](NC(=O)C1CCC(CNC(=O)CCCCCCCCCCCCCCCCCCC(=O)O)CC1)C(=O)O)NC(=O)COCCOCCNC(=O)COCCOCCNC(=O)CC[C@H](NC(=O)C1CCC(CNC(=O)CCCCCCCCCCCCCCCCCCC(=O)O)CC1)C(=O)O)C(=O)O. The second-order valence-electron chi connectivity index (χ2n) is 38.3. The molecule has 836 valence electrons. The number of carboxylic acids is 5. The molecule has 2 aliphatic carbocycles. The highest BCUT2D eigenvalue weighted by Crippen LogP contribution is 2.31. The van der Waals surface area contributed by atoms with E-state index in [9.17, 15) is 92.0 Å². The van der Waals surface area contributed by atoms with Crippen LogP contribution in [0.4, 0.5) is 0 Å². The van der Waals surface area contributed by atoms with Crippen LogP contribution in [-0.4, -0.2) is 309 Å². The number of likely N-dealkylation sites (N-methyl/N-ethyl adjacent to an activating group) is 1. The van der Waals surface area contributed by atoms with Crippen LogP contribution in [0, 0.1) is 23.7 Å². The van der Waals surface area contributed by atoms with Crippen LogP contribution in [0.2, 0.25) is 0 Å². The summed E-state index contributed by atoms with van der Waals surface area (Å²) in [6.07, 6.45) is 45.7. The quantitative estimate of drug-likeness (QED) is 0.0252. The third-order valence-corrected chi connectivity index (χ3v) is 25.8. The summed E-state index contributed by atoms with van der Waals surface area (Å²) in [6.45, 7) is 4.74. The number of ether oxygens (including phenoxy) is 8. The molecule has 0 unspecified atom stereocenters. The molecule has 11 amide bonds. The molecule has 17 N–H and O–H groups in total. The van der Waals surface area contributed by atoms with Gasteiger partial charge in [-0.2, -0.15) is 0 Å². The van der Waals surface area contributed by atoms with Crippen LogP contribution in [-0.2, 0) is 115 Å². The van der Waals surface area contributed by atoms with Gasteiger partial charge in [-0.15, -0.1) is 0 Å². The van der Waals surface area contributed by atoms with Crippen molar-refractivity contribution < 1.29 is 140 Å². The summed E-state index contributed by atoms with van der Waals surface area (Å²) in [4.78, 5) is 197. The molecule has 2 aliphatic rings. The van der Waals surface area contributed by atoms with Gasteiger partial charge in [0.2, 0.25) is 65.0 Å². The minimum absolute atomic E-state index is 0.0204. The maximum atomic E-state index is 13.4. The van der Waals surface area contributed by atoms with E-state index in [1.165, 1.54) is 128 Å². The summed E-state index contributed by atoms with van der Waals surface area (Å²) in [6, 6.07) is -4.13. The first-order valence-corrected chi connectivity index (χ1v) is 54.8. The molecular formula is C104H186N12O29. The number of unbranched alkanes of at least 4 members (excludes halogenated alkanes) is 32. The summed E-state index contributed by atoms with van der Waals surface area (Å²) in [5, 5.41) is 79.8. The first-order valence-electron chi connectivity index (χ1n) is 54.8. The van der Waals surface area contributed by atoms with Gasteiger partial charge in [0.25, 0.3) is 0 Å². The number of carboxylic acid groups (broad SMARTS) is 5. The van der Waals surface area contributed by atoms with Gasteiger partial charge >= 0.3 is 29.8 Å². The Balaban J connectivity index is 1.47. The number of amides is 11. The molecule has 0 bridgehead atoms. The zero-order valence-electron chi connectivity index (χ0n) is 87.5. The van der Waals surface area contributed by atoms with E-state index in [0.29, 0.717) is 90.3 Å². The van der Waals surface area contributed by atoms with E-state index >= 15 is 0 Å². The molecule has 0 aliphatic heterocycles. The van der Waals surface area contributed by atoms with Crippen LogP contribution in [0.15, 0.2) is 0 Å². The highest BCUT2D eigenvalue weighted by molar-refractivity contribution is 5.89. The Kier molecular flexibility index (Phi) is 84.4. The fraction of sp³-hybridized carbons (Fsp3) is 0.846. The lowest BCUT2D eigenvalue weighted by molar-refractivity contribution is -0.143. The van der Waals surface area contributed by atoms with Crippen LogP contribution < -0.4 is 63.8 Å². The lowest BCUT2D eigenvalue weighted by Crippen LogP contribution is -2.48. The Morgan fingerprint density at radius 3 is 0.800 bits per heavy atom. The third kappa shape index (κ3) is 80.9. The number of hydrogen-bond acceptors (Lipinski definition) is 25. The van der Waals surface area contributed by atoms with Crippen LogP contribution in [0.1, 0.15) is 354 Å². The summed E-state index contributed by atoms with van der Waals surface area (Å²) in [5.41, 5.74) is 0. The van der Waals surface area contributed by atoms with E-state index in [4.69, 9.17) is 48.1 Å². The molecule has 0 aromatic carbocycles. The van der Waals surface area contributed by atoms with Gasteiger partial charge in [0.15, 0.2) is 0 Å². The number of carbonyl (C=O) groups excluding carboxylic acids is 11. The Morgan fingerprint density at radius 1 is 0.234 bits per heavy atom. The van der Waals surface area contributed by atoms with Gasteiger partial charge < -0.3 is 127 Å². The largest absolute Gasteiger partial charge is 0.481 e. The molecule has 0 saturated heterocycles. The molecule has 0 aromatic heterocycles. The fourth-order valence-corrected chi connectivity index (χ4v) is 17.2. The average Bonchev–Trinajstić information content (AvgIpc) is 0.875. The predicted molar refractivity (Wildman–Crippen MR) is 545 cm³/mol. The summed E-state index contributed by atoms with van der Waals surface area (Å²) in [5.74, 6) is -8.65. The summed E-state index contributed by atoms with van der Waals surface area (Å²) < 4.78 is 43.6. The third-order valence-electron chi connectivity index (χ3n) is 25.8. The van der Waals surface area contributed by atoms with Crippen LogP contribution in [0.3, 0.4) is 0 Å². The first-order chi connectivity index (χ1) is 70.3. The predicted octanol–water partition coefficient (Wildman–Crippen LogP) is 9.46. The van der Waals surface area contributed by atoms with Crippen molar-refractivity contribution in [3.05, 3.63) is 0 Å². The minimum atomic E-state index is -1.24. The van der Waals surface area contributed by atoms with Crippen LogP contribution in [0.25, 0.3) is 0 Å². The number of aliphatic carboxylic acids is 5. The van der Waals surface area contributed by atoms with Crippen molar-refractivity contribution in [1.82, 2.24) is 63.8 Å². The van der Waals surface area contributed by atoms with Crippen molar-refractivity contribution in [2.45, 2.75) is 378 Å². The molecule has 0 radical (unpaired) electrons. The summed E-state index contributed by atoms with van der Waals surface area (Å²) >= 11 is 0. The van der Waals surface area contributed by atoms with E-state index in [1.54, 1.807) is 0 Å². The minimum Gasteiger partial charge on any atom is -0.481 e. The van der Waals surface area contributed by atoms with Gasteiger partial charge in [0.1, 0.15) is 50.6 Å². The normalized spacial score (nSPS) is 15.3. The maximum Gasteiger partial charge on any atom is 0.326 e. The topological polar surface area (TPSA) is 592 Å².